The lowest BCUT2D eigenvalue weighted by Gasteiger charge is -2.06. The molecule has 0 spiro atoms. The predicted octanol–water partition coefficient (Wildman–Crippen LogP) is 4.61. The highest BCUT2D eigenvalue weighted by atomic mass is 16.5. The molecule has 1 atom stereocenters. The minimum Gasteiger partial charge on any atom is -0.463 e. The molecule has 0 amide bonds. The van der Waals surface area contributed by atoms with Gasteiger partial charge < -0.3 is 9.84 Å². The van der Waals surface area contributed by atoms with Gasteiger partial charge in [-0.25, -0.2) is 0 Å². The van der Waals surface area contributed by atoms with Gasteiger partial charge in [-0.3, -0.25) is 4.79 Å². The third-order valence-corrected chi connectivity index (χ3v) is 3.47. The summed E-state index contributed by atoms with van der Waals surface area (Å²) in [7, 11) is 0. The first kappa shape index (κ1) is 19.4. The summed E-state index contributed by atoms with van der Waals surface area (Å²) in [4.78, 5) is 11.3. The third-order valence-electron chi connectivity index (χ3n) is 3.47. The molecule has 1 unspecified atom stereocenters. The maximum atomic E-state index is 11.3. The molecule has 0 heterocycles. The van der Waals surface area contributed by atoms with Crippen molar-refractivity contribution in [3.8, 4) is 0 Å². The second-order valence-corrected chi connectivity index (χ2v) is 5.82. The molecule has 3 nitrogen and oxygen atoms in total. The second-order valence-electron chi connectivity index (χ2n) is 5.82. The molecule has 120 valence electrons. The maximum absolute atomic E-state index is 11.3. The van der Waals surface area contributed by atoms with Crippen LogP contribution < -0.4 is 0 Å². The van der Waals surface area contributed by atoms with E-state index in [0.29, 0.717) is 6.42 Å². The molecule has 0 saturated carbocycles. The molecule has 20 heavy (non-hydrogen) atoms. The Bertz CT molecular complexity index is 214. The fraction of sp³-hybridized carbons (Fsp3) is 0.941. The molecule has 0 saturated heterocycles. The first-order chi connectivity index (χ1) is 9.66. The van der Waals surface area contributed by atoms with Crippen LogP contribution in [-0.2, 0) is 9.53 Å². The van der Waals surface area contributed by atoms with E-state index in [1.165, 1.54) is 57.8 Å². The number of carbonyl (C=O) groups excluding carboxylic acids is 1. The molecule has 0 aromatic heterocycles. The van der Waals surface area contributed by atoms with E-state index >= 15 is 0 Å². The molecule has 0 fully saturated rings. The maximum Gasteiger partial charge on any atom is 0.305 e. The summed E-state index contributed by atoms with van der Waals surface area (Å²) in [6.45, 7) is 3.99. The number of hydrogen-bond acceptors (Lipinski definition) is 3. The Kier molecular flexibility index (Phi) is 14.4. The summed E-state index contributed by atoms with van der Waals surface area (Å²) in [6, 6.07) is 0. The van der Waals surface area contributed by atoms with Gasteiger partial charge in [-0.15, -0.1) is 0 Å². The highest BCUT2D eigenvalue weighted by Gasteiger charge is 2.04. The smallest absolute Gasteiger partial charge is 0.305 e. The number of aliphatic hydroxyl groups is 1. The summed E-state index contributed by atoms with van der Waals surface area (Å²) in [5.41, 5.74) is 0. The SMILES string of the molecule is CCCCCCCCCCCCCC(=O)OCC(C)O. The quantitative estimate of drug-likeness (QED) is 0.374. The summed E-state index contributed by atoms with van der Waals surface area (Å²) >= 11 is 0. The van der Waals surface area contributed by atoms with Crippen molar-refractivity contribution in [2.45, 2.75) is 97.0 Å². The van der Waals surface area contributed by atoms with E-state index in [9.17, 15) is 4.79 Å². The van der Waals surface area contributed by atoms with Crippen molar-refractivity contribution in [3.63, 3.8) is 0 Å². The van der Waals surface area contributed by atoms with Crippen molar-refractivity contribution in [1.29, 1.82) is 0 Å². The van der Waals surface area contributed by atoms with Crippen LogP contribution >= 0.6 is 0 Å². The van der Waals surface area contributed by atoms with Gasteiger partial charge >= 0.3 is 5.97 Å². The monoisotopic (exact) mass is 286 g/mol. The van der Waals surface area contributed by atoms with Gasteiger partial charge in [0, 0.05) is 6.42 Å². The number of esters is 1. The van der Waals surface area contributed by atoms with Crippen LogP contribution in [0, 0.1) is 0 Å². The number of ether oxygens (including phenoxy) is 1. The fourth-order valence-electron chi connectivity index (χ4n) is 2.22. The van der Waals surface area contributed by atoms with E-state index in [1.807, 2.05) is 0 Å². The zero-order chi connectivity index (χ0) is 15.1. The van der Waals surface area contributed by atoms with E-state index in [2.05, 4.69) is 6.92 Å². The minimum absolute atomic E-state index is 0.122. The molecule has 0 radical (unpaired) electrons. The van der Waals surface area contributed by atoms with Crippen LogP contribution in [0.3, 0.4) is 0 Å². The molecule has 3 heteroatoms. The van der Waals surface area contributed by atoms with Crippen LogP contribution in [0.1, 0.15) is 90.9 Å². The number of aliphatic hydroxyl groups excluding tert-OH is 1. The van der Waals surface area contributed by atoms with Gasteiger partial charge in [0.05, 0.1) is 6.10 Å². The number of unbranched alkanes of at least 4 members (excludes halogenated alkanes) is 10. The zero-order valence-corrected chi connectivity index (χ0v) is 13.5. The van der Waals surface area contributed by atoms with Gasteiger partial charge in [0.2, 0.25) is 0 Å². The van der Waals surface area contributed by atoms with Crippen LogP contribution in [-0.4, -0.2) is 23.8 Å². The average molecular weight is 286 g/mol. The summed E-state index contributed by atoms with van der Waals surface area (Å²) in [5.74, 6) is -0.179. The molecular weight excluding hydrogens is 252 g/mol. The van der Waals surface area contributed by atoms with Crippen molar-refractivity contribution in [3.05, 3.63) is 0 Å². The second kappa shape index (κ2) is 14.8. The molecule has 1 N–H and O–H groups in total. The first-order valence-corrected chi connectivity index (χ1v) is 8.50. The number of hydrogen-bond donors (Lipinski definition) is 1. The van der Waals surface area contributed by atoms with Crippen molar-refractivity contribution < 1.29 is 14.6 Å². The third kappa shape index (κ3) is 15.5. The van der Waals surface area contributed by atoms with Crippen LogP contribution in [0.15, 0.2) is 0 Å². The van der Waals surface area contributed by atoms with E-state index in [1.54, 1.807) is 6.92 Å². The Hall–Kier alpha value is -0.570. The Balaban J connectivity index is 3.11. The van der Waals surface area contributed by atoms with Crippen LogP contribution in [0.25, 0.3) is 0 Å². The number of rotatable bonds is 14. The highest BCUT2D eigenvalue weighted by molar-refractivity contribution is 5.69. The Morgan fingerprint density at radius 3 is 1.80 bits per heavy atom. The lowest BCUT2D eigenvalue weighted by molar-refractivity contribution is -0.146. The Morgan fingerprint density at radius 2 is 1.35 bits per heavy atom. The average Bonchev–Trinajstić information content (AvgIpc) is 2.42. The zero-order valence-electron chi connectivity index (χ0n) is 13.5. The summed E-state index contributed by atoms with van der Waals surface area (Å²) < 4.78 is 4.91. The molecule has 0 rings (SSSR count). The Labute approximate surface area is 125 Å². The topological polar surface area (TPSA) is 46.5 Å². The van der Waals surface area contributed by atoms with Gasteiger partial charge in [-0.2, -0.15) is 0 Å². The summed E-state index contributed by atoms with van der Waals surface area (Å²) in [5, 5.41) is 8.98. The molecule has 0 aliphatic rings. The van der Waals surface area contributed by atoms with E-state index in [0.717, 1.165) is 12.8 Å². The molecule has 0 aromatic rings. The highest BCUT2D eigenvalue weighted by Crippen LogP contribution is 2.12. The lowest BCUT2D eigenvalue weighted by atomic mass is 10.1. The molecular formula is C17H34O3. The van der Waals surface area contributed by atoms with Gasteiger partial charge in [-0.1, -0.05) is 71.1 Å². The van der Waals surface area contributed by atoms with Crippen molar-refractivity contribution in [1.82, 2.24) is 0 Å². The Morgan fingerprint density at radius 1 is 0.900 bits per heavy atom. The van der Waals surface area contributed by atoms with Gasteiger partial charge in [0.15, 0.2) is 0 Å². The summed E-state index contributed by atoms with van der Waals surface area (Å²) in [6.07, 6.45) is 14.0. The fourth-order valence-corrected chi connectivity index (χ4v) is 2.22. The largest absolute Gasteiger partial charge is 0.463 e. The van der Waals surface area contributed by atoms with Gasteiger partial charge in [0.1, 0.15) is 6.61 Å². The van der Waals surface area contributed by atoms with Crippen LogP contribution in [0.2, 0.25) is 0 Å². The van der Waals surface area contributed by atoms with Gasteiger partial charge in [-0.05, 0) is 13.3 Å². The normalized spacial score (nSPS) is 12.3. The van der Waals surface area contributed by atoms with Crippen LogP contribution in [0.5, 0.6) is 0 Å². The molecule has 0 aromatic carbocycles. The lowest BCUT2D eigenvalue weighted by Crippen LogP contribution is -2.14. The van der Waals surface area contributed by atoms with E-state index < -0.39 is 6.10 Å². The predicted molar refractivity (Wildman–Crippen MR) is 83.7 cm³/mol. The first-order valence-electron chi connectivity index (χ1n) is 8.50. The van der Waals surface area contributed by atoms with E-state index in [-0.39, 0.29) is 12.6 Å². The standard InChI is InChI=1S/C17H34O3/c1-3-4-5-6-7-8-9-10-11-12-13-14-17(19)20-15-16(2)18/h16,18H,3-15H2,1-2H3. The van der Waals surface area contributed by atoms with Crippen molar-refractivity contribution in [2.24, 2.45) is 0 Å². The van der Waals surface area contributed by atoms with Crippen LogP contribution in [0.4, 0.5) is 0 Å². The number of carbonyl (C=O) groups is 1. The van der Waals surface area contributed by atoms with Crippen molar-refractivity contribution >= 4 is 5.97 Å². The molecule has 0 bridgehead atoms. The molecule has 0 aliphatic heterocycles. The van der Waals surface area contributed by atoms with E-state index in [4.69, 9.17) is 9.84 Å². The van der Waals surface area contributed by atoms with Gasteiger partial charge in [0.25, 0.3) is 0 Å². The van der Waals surface area contributed by atoms with Crippen molar-refractivity contribution in [2.75, 3.05) is 6.61 Å². The molecule has 0 aliphatic carbocycles. The minimum atomic E-state index is -0.559.